The number of nitrogens with two attached hydrogens (primary N) is 2. The fourth-order valence-electron chi connectivity index (χ4n) is 5.93. The van der Waals surface area contributed by atoms with Crippen LogP contribution in [0.25, 0.3) is 22.5 Å². The SMILES string of the molecule is CN(C)CCCOc1ccc(-c2ccc(C[C@@H](C(N)=O)N(C(=O)C3CCC(CN)CC3)c3ccc(-c4nn[nH]n4)cc3)cc2)cn1. The summed E-state index contributed by atoms with van der Waals surface area (Å²) in [5.74, 6) is 0.572. The molecule has 1 aliphatic rings. The quantitative estimate of drug-likeness (QED) is 0.178. The van der Waals surface area contributed by atoms with Gasteiger partial charge < -0.3 is 21.1 Å². The average molecular weight is 626 g/mol. The molecule has 0 bridgehead atoms. The smallest absolute Gasteiger partial charge is 0.240 e. The zero-order valence-corrected chi connectivity index (χ0v) is 26.5. The van der Waals surface area contributed by atoms with E-state index in [1.165, 1.54) is 0 Å². The number of anilines is 1. The Bertz CT molecular complexity index is 1530. The topological polar surface area (TPSA) is 169 Å². The third-order valence-electron chi connectivity index (χ3n) is 8.61. The first kappa shape index (κ1) is 32.7. The van der Waals surface area contributed by atoms with Gasteiger partial charge >= 0.3 is 0 Å². The number of aromatic amines is 1. The van der Waals surface area contributed by atoms with Crippen LogP contribution < -0.4 is 21.1 Å². The second-order valence-electron chi connectivity index (χ2n) is 12.2. The Morgan fingerprint density at radius 3 is 2.24 bits per heavy atom. The van der Waals surface area contributed by atoms with Crippen LogP contribution in [0.1, 0.15) is 37.7 Å². The molecule has 12 heteroatoms. The van der Waals surface area contributed by atoms with Crippen molar-refractivity contribution in [2.45, 2.75) is 44.6 Å². The summed E-state index contributed by atoms with van der Waals surface area (Å²) in [6.07, 6.45) is 6.22. The minimum atomic E-state index is -0.882. The molecule has 0 saturated heterocycles. The molecule has 1 fully saturated rings. The lowest BCUT2D eigenvalue weighted by Gasteiger charge is -2.35. The highest BCUT2D eigenvalue weighted by molar-refractivity contribution is 6.01. The molecule has 2 aromatic carbocycles. The first-order chi connectivity index (χ1) is 22.3. The van der Waals surface area contributed by atoms with Crippen LogP contribution in [0, 0.1) is 11.8 Å². The van der Waals surface area contributed by atoms with Crippen molar-refractivity contribution in [3.63, 3.8) is 0 Å². The van der Waals surface area contributed by atoms with Crippen LogP contribution in [0.5, 0.6) is 5.88 Å². The lowest BCUT2D eigenvalue weighted by Crippen LogP contribution is -2.52. The highest BCUT2D eigenvalue weighted by atomic mass is 16.5. The van der Waals surface area contributed by atoms with Crippen LogP contribution in [0.4, 0.5) is 5.69 Å². The molecule has 0 aliphatic heterocycles. The molecule has 5 N–H and O–H groups in total. The second-order valence-corrected chi connectivity index (χ2v) is 12.2. The maximum atomic E-state index is 14.2. The number of rotatable bonds is 14. The van der Waals surface area contributed by atoms with Crippen molar-refractivity contribution in [2.75, 3.05) is 38.7 Å². The number of pyridine rings is 1. The van der Waals surface area contributed by atoms with E-state index in [0.29, 0.717) is 36.5 Å². The van der Waals surface area contributed by atoms with Gasteiger partial charge in [-0.1, -0.05) is 24.3 Å². The molecule has 2 amide bonds. The predicted molar refractivity (Wildman–Crippen MR) is 177 cm³/mol. The molecule has 2 aromatic heterocycles. The molecule has 1 saturated carbocycles. The van der Waals surface area contributed by atoms with Gasteiger partial charge in [0.25, 0.3) is 0 Å². The molecule has 0 unspecified atom stereocenters. The van der Waals surface area contributed by atoms with Crippen molar-refractivity contribution in [2.24, 2.45) is 23.3 Å². The number of hydrogen-bond donors (Lipinski definition) is 3. The van der Waals surface area contributed by atoms with Crippen molar-refractivity contribution in [1.29, 1.82) is 0 Å². The molecule has 0 radical (unpaired) electrons. The number of carbonyl (C=O) groups excluding carboxylic acids is 2. The lowest BCUT2D eigenvalue weighted by atomic mass is 9.81. The van der Waals surface area contributed by atoms with Gasteiger partial charge in [-0.15, -0.1) is 10.2 Å². The fourth-order valence-corrected chi connectivity index (χ4v) is 5.93. The van der Waals surface area contributed by atoms with Gasteiger partial charge in [0.05, 0.1) is 6.61 Å². The summed E-state index contributed by atoms with van der Waals surface area (Å²) in [5, 5.41) is 14.1. The molecule has 5 rings (SSSR count). The van der Waals surface area contributed by atoms with Crippen molar-refractivity contribution < 1.29 is 14.3 Å². The molecule has 46 heavy (non-hydrogen) atoms. The summed E-state index contributed by atoms with van der Waals surface area (Å²) < 4.78 is 5.76. The Kier molecular flexibility index (Phi) is 11.1. The van der Waals surface area contributed by atoms with Crippen LogP contribution in [-0.4, -0.2) is 82.2 Å². The third-order valence-corrected chi connectivity index (χ3v) is 8.61. The van der Waals surface area contributed by atoms with Crippen molar-refractivity contribution in [3.8, 4) is 28.4 Å². The average Bonchev–Trinajstić information content (AvgIpc) is 3.62. The standard InChI is InChI=1S/C34H43N9O3/c1-42(2)18-3-19-46-31-17-14-28(22-37-31)25-8-4-23(5-9-25)20-30(32(36)44)43(34(45)27-10-6-24(21-35)7-11-27)29-15-12-26(13-16-29)33-38-40-41-39-33/h4-5,8-9,12-17,22,24,27,30H,3,6-7,10-11,18-21,35H2,1-2H3,(H2,36,44)(H,38,39,40,41)/t24?,27?,30-/m0/s1. The van der Waals surface area contributed by atoms with E-state index in [9.17, 15) is 9.59 Å². The normalized spacial score (nSPS) is 17.0. The van der Waals surface area contributed by atoms with E-state index in [2.05, 4.69) is 30.5 Å². The first-order valence-electron chi connectivity index (χ1n) is 15.8. The van der Waals surface area contributed by atoms with E-state index >= 15 is 0 Å². The number of carbonyl (C=O) groups is 2. The van der Waals surface area contributed by atoms with Gasteiger partial charge in [-0.3, -0.25) is 14.5 Å². The van der Waals surface area contributed by atoms with Gasteiger partial charge in [0.1, 0.15) is 6.04 Å². The molecular formula is C34H43N9O3. The van der Waals surface area contributed by atoms with E-state index in [0.717, 1.165) is 60.9 Å². The van der Waals surface area contributed by atoms with Gasteiger partial charge in [0.15, 0.2) is 0 Å². The Balaban J connectivity index is 1.33. The highest BCUT2D eigenvalue weighted by Gasteiger charge is 2.36. The van der Waals surface area contributed by atoms with Crippen LogP contribution >= 0.6 is 0 Å². The third kappa shape index (κ3) is 8.32. The van der Waals surface area contributed by atoms with Gasteiger partial charge in [-0.05, 0) is 105 Å². The predicted octanol–water partition coefficient (Wildman–Crippen LogP) is 3.45. The van der Waals surface area contributed by atoms with Crippen LogP contribution in [0.15, 0.2) is 66.9 Å². The van der Waals surface area contributed by atoms with Gasteiger partial charge in [-0.25, -0.2) is 4.98 Å². The van der Waals surface area contributed by atoms with Crippen molar-refractivity contribution in [3.05, 3.63) is 72.4 Å². The Hall–Kier alpha value is -4.68. The van der Waals surface area contributed by atoms with Gasteiger partial charge in [-0.2, -0.15) is 5.21 Å². The molecule has 1 aliphatic carbocycles. The summed E-state index contributed by atoms with van der Waals surface area (Å²) in [4.78, 5) is 35.4. The fraction of sp³-hybridized carbons (Fsp3) is 0.412. The molecule has 0 spiro atoms. The summed E-state index contributed by atoms with van der Waals surface area (Å²) in [5.41, 5.74) is 16.1. The van der Waals surface area contributed by atoms with Crippen molar-refractivity contribution in [1.82, 2.24) is 30.5 Å². The molecule has 242 valence electrons. The largest absolute Gasteiger partial charge is 0.478 e. The Morgan fingerprint density at radius 1 is 0.957 bits per heavy atom. The maximum absolute atomic E-state index is 14.2. The molecule has 1 atom stereocenters. The summed E-state index contributed by atoms with van der Waals surface area (Å²) in [6, 6.07) is 18.1. The number of ether oxygens (including phenoxy) is 1. The number of H-pyrrole nitrogens is 1. The molecule has 4 aromatic rings. The monoisotopic (exact) mass is 625 g/mol. The maximum Gasteiger partial charge on any atom is 0.240 e. The first-order valence-corrected chi connectivity index (χ1v) is 15.8. The summed E-state index contributed by atoms with van der Waals surface area (Å²) in [6.45, 7) is 2.18. The second kappa shape index (κ2) is 15.5. The van der Waals surface area contributed by atoms with E-state index in [1.54, 1.807) is 23.2 Å². The Labute approximate surface area is 269 Å². The number of primary amides is 1. The molecule has 2 heterocycles. The number of hydrogen-bond acceptors (Lipinski definition) is 9. The minimum Gasteiger partial charge on any atom is -0.478 e. The number of nitrogens with zero attached hydrogens (tertiary/aromatic N) is 6. The van der Waals surface area contributed by atoms with Crippen molar-refractivity contribution >= 4 is 17.5 Å². The summed E-state index contributed by atoms with van der Waals surface area (Å²) >= 11 is 0. The zero-order valence-electron chi connectivity index (χ0n) is 26.5. The van der Waals surface area contributed by atoms with E-state index in [4.69, 9.17) is 16.2 Å². The lowest BCUT2D eigenvalue weighted by molar-refractivity contribution is -0.127. The number of amides is 2. The number of tetrazole rings is 1. The van der Waals surface area contributed by atoms with Gasteiger partial charge in [0, 0.05) is 48.0 Å². The molecular weight excluding hydrogens is 582 g/mol. The number of aromatic nitrogens is 5. The van der Waals surface area contributed by atoms with Gasteiger partial charge in [0.2, 0.25) is 23.5 Å². The van der Waals surface area contributed by atoms with Crippen LogP contribution in [-0.2, 0) is 16.0 Å². The van der Waals surface area contributed by atoms with Crippen LogP contribution in [0.2, 0.25) is 0 Å². The highest BCUT2D eigenvalue weighted by Crippen LogP contribution is 2.33. The van der Waals surface area contributed by atoms with Crippen LogP contribution in [0.3, 0.4) is 0 Å². The minimum absolute atomic E-state index is 0.0988. The number of nitrogens with one attached hydrogen (secondary N) is 1. The van der Waals surface area contributed by atoms with E-state index in [1.807, 2.05) is 62.6 Å². The zero-order chi connectivity index (χ0) is 32.5. The van der Waals surface area contributed by atoms with E-state index in [-0.39, 0.29) is 18.2 Å². The van der Waals surface area contributed by atoms with E-state index < -0.39 is 11.9 Å². The molecule has 12 nitrogen and oxygen atoms in total. The Morgan fingerprint density at radius 2 is 1.65 bits per heavy atom. The number of benzene rings is 2. The summed E-state index contributed by atoms with van der Waals surface area (Å²) in [7, 11) is 4.07.